The van der Waals surface area contributed by atoms with Crippen LogP contribution >= 0.6 is 0 Å². The monoisotopic (exact) mass is 343 g/mol. The summed E-state index contributed by atoms with van der Waals surface area (Å²) in [6.07, 6.45) is 1.79. The fourth-order valence-electron chi connectivity index (χ4n) is 3.30. The predicted molar refractivity (Wildman–Crippen MR) is 105 cm³/mol. The molecule has 3 heterocycles. The molecule has 0 atom stereocenters. The van der Waals surface area contributed by atoms with Crippen molar-refractivity contribution in [2.24, 2.45) is 0 Å². The first kappa shape index (κ1) is 16.3. The van der Waals surface area contributed by atoms with Crippen molar-refractivity contribution in [1.82, 2.24) is 19.4 Å². The summed E-state index contributed by atoms with van der Waals surface area (Å²) in [6, 6.07) is 14.2. The van der Waals surface area contributed by atoms with Crippen LogP contribution in [-0.2, 0) is 0 Å². The number of benzene rings is 1. The highest BCUT2D eigenvalue weighted by Crippen LogP contribution is 2.32. The number of rotatable bonds is 3. The molecule has 4 aromatic rings. The molecule has 5 heteroatoms. The third kappa shape index (κ3) is 2.71. The van der Waals surface area contributed by atoms with Crippen LogP contribution in [0.25, 0.3) is 17.2 Å². The van der Waals surface area contributed by atoms with E-state index in [0.717, 1.165) is 34.3 Å². The van der Waals surface area contributed by atoms with Crippen LogP contribution in [0.1, 0.15) is 22.5 Å². The first-order valence-electron chi connectivity index (χ1n) is 8.66. The molecule has 0 unspecified atom stereocenters. The molecule has 0 saturated heterocycles. The number of aromatic nitrogens is 4. The molecule has 0 radical (unpaired) electrons. The van der Waals surface area contributed by atoms with Crippen molar-refractivity contribution in [3.8, 4) is 11.4 Å². The van der Waals surface area contributed by atoms with Gasteiger partial charge < -0.3 is 5.32 Å². The molecule has 26 heavy (non-hydrogen) atoms. The highest BCUT2D eigenvalue weighted by Gasteiger charge is 2.19. The molecule has 0 fully saturated rings. The lowest BCUT2D eigenvalue weighted by atomic mass is 10.1. The van der Waals surface area contributed by atoms with E-state index < -0.39 is 0 Å². The summed E-state index contributed by atoms with van der Waals surface area (Å²) in [5, 5.41) is 3.61. The van der Waals surface area contributed by atoms with Gasteiger partial charge in [0.2, 0.25) is 5.78 Å². The van der Waals surface area contributed by atoms with Crippen LogP contribution in [-0.4, -0.2) is 19.4 Å². The van der Waals surface area contributed by atoms with E-state index in [1.165, 1.54) is 11.1 Å². The standard InChI is InChI=1S/C21H21N5/c1-13-8-7-9-14(2)18(13)24-20-19(17-10-5-6-11-22-17)25-21-23-15(3)12-16(4)26(20)21/h5-12,24H,1-4H3. The van der Waals surface area contributed by atoms with Gasteiger partial charge in [0.25, 0.3) is 0 Å². The average Bonchev–Trinajstić information content (AvgIpc) is 2.97. The fourth-order valence-corrected chi connectivity index (χ4v) is 3.30. The van der Waals surface area contributed by atoms with Gasteiger partial charge in [-0.25, -0.2) is 9.97 Å². The third-order valence-electron chi connectivity index (χ3n) is 4.54. The molecule has 0 aliphatic heterocycles. The quantitative estimate of drug-likeness (QED) is 0.582. The number of aryl methyl sites for hydroxylation is 4. The minimum absolute atomic E-state index is 0.678. The highest BCUT2D eigenvalue weighted by molar-refractivity contribution is 5.79. The molecular weight excluding hydrogens is 322 g/mol. The molecule has 5 nitrogen and oxygen atoms in total. The van der Waals surface area contributed by atoms with Crippen LogP contribution in [0.2, 0.25) is 0 Å². The Hall–Kier alpha value is -3.21. The second-order valence-corrected chi connectivity index (χ2v) is 6.59. The van der Waals surface area contributed by atoms with Gasteiger partial charge in [-0.15, -0.1) is 0 Å². The van der Waals surface area contributed by atoms with Crippen molar-refractivity contribution >= 4 is 17.3 Å². The molecule has 0 aliphatic rings. The fraction of sp³-hybridized carbons (Fsp3) is 0.190. The number of hydrogen-bond acceptors (Lipinski definition) is 4. The van der Waals surface area contributed by atoms with Crippen LogP contribution in [0.3, 0.4) is 0 Å². The second-order valence-electron chi connectivity index (χ2n) is 6.59. The van der Waals surface area contributed by atoms with Crippen molar-refractivity contribution in [3.05, 3.63) is 71.2 Å². The largest absolute Gasteiger partial charge is 0.339 e. The molecule has 1 N–H and O–H groups in total. The zero-order valence-corrected chi connectivity index (χ0v) is 15.4. The summed E-state index contributed by atoms with van der Waals surface area (Å²) in [6.45, 7) is 8.27. The zero-order chi connectivity index (χ0) is 18.3. The van der Waals surface area contributed by atoms with Gasteiger partial charge in [-0.05, 0) is 57.0 Å². The van der Waals surface area contributed by atoms with E-state index in [0.29, 0.717) is 5.78 Å². The molecule has 1 aromatic carbocycles. The number of nitrogens with zero attached hydrogens (tertiary/aromatic N) is 4. The molecule has 0 amide bonds. The van der Waals surface area contributed by atoms with Crippen molar-refractivity contribution < 1.29 is 0 Å². The SMILES string of the molecule is Cc1cc(C)n2c(Nc3c(C)cccc3C)c(-c3ccccn3)nc2n1. The van der Waals surface area contributed by atoms with E-state index >= 15 is 0 Å². The summed E-state index contributed by atoms with van der Waals surface area (Å²) in [5.41, 5.74) is 7.11. The Labute approximate surface area is 152 Å². The summed E-state index contributed by atoms with van der Waals surface area (Å²) in [7, 11) is 0. The number of nitrogens with one attached hydrogen (secondary N) is 1. The summed E-state index contributed by atoms with van der Waals surface area (Å²) >= 11 is 0. The Kier molecular flexibility index (Phi) is 3.92. The van der Waals surface area contributed by atoms with Gasteiger partial charge in [0, 0.05) is 23.3 Å². The molecule has 0 spiro atoms. The number of para-hydroxylation sites is 1. The van der Waals surface area contributed by atoms with E-state index in [1.54, 1.807) is 6.20 Å². The smallest absolute Gasteiger partial charge is 0.236 e. The van der Waals surface area contributed by atoms with Gasteiger partial charge >= 0.3 is 0 Å². The highest BCUT2D eigenvalue weighted by atomic mass is 15.2. The van der Waals surface area contributed by atoms with E-state index in [-0.39, 0.29) is 0 Å². The van der Waals surface area contributed by atoms with Crippen molar-refractivity contribution in [2.45, 2.75) is 27.7 Å². The number of pyridine rings is 1. The van der Waals surface area contributed by atoms with E-state index in [1.807, 2.05) is 25.1 Å². The van der Waals surface area contributed by atoms with Crippen molar-refractivity contribution in [2.75, 3.05) is 5.32 Å². The van der Waals surface area contributed by atoms with Crippen LogP contribution in [0, 0.1) is 27.7 Å². The maximum Gasteiger partial charge on any atom is 0.236 e. The average molecular weight is 343 g/mol. The van der Waals surface area contributed by atoms with Crippen LogP contribution < -0.4 is 5.32 Å². The lowest BCUT2D eigenvalue weighted by Gasteiger charge is -2.14. The maximum absolute atomic E-state index is 4.79. The topological polar surface area (TPSA) is 55.1 Å². The van der Waals surface area contributed by atoms with E-state index in [9.17, 15) is 0 Å². The van der Waals surface area contributed by atoms with Crippen molar-refractivity contribution in [1.29, 1.82) is 0 Å². The number of imidazole rings is 1. The van der Waals surface area contributed by atoms with E-state index in [2.05, 4.69) is 64.7 Å². The van der Waals surface area contributed by atoms with Crippen LogP contribution in [0.15, 0.2) is 48.7 Å². The first-order chi connectivity index (χ1) is 12.5. The van der Waals surface area contributed by atoms with Gasteiger partial charge in [-0.1, -0.05) is 24.3 Å². The molecule has 0 saturated carbocycles. The van der Waals surface area contributed by atoms with Gasteiger partial charge in [0.15, 0.2) is 0 Å². The molecule has 0 aliphatic carbocycles. The van der Waals surface area contributed by atoms with Gasteiger partial charge in [-0.3, -0.25) is 9.38 Å². The van der Waals surface area contributed by atoms with E-state index in [4.69, 9.17) is 4.98 Å². The Bertz CT molecular complexity index is 1080. The Morgan fingerprint density at radius 1 is 0.885 bits per heavy atom. The number of hydrogen-bond donors (Lipinski definition) is 1. The van der Waals surface area contributed by atoms with Crippen molar-refractivity contribution in [3.63, 3.8) is 0 Å². The molecule has 4 rings (SSSR count). The third-order valence-corrected chi connectivity index (χ3v) is 4.54. The second kappa shape index (κ2) is 6.26. The van der Waals surface area contributed by atoms with Gasteiger partial charge in [0.05, 0.1) is 5.69 Å². The Morgan fingerprint density at radius 3 is 2.35 bits per heavy atom. The molecule has 0 bridgehead atoms. The lowest BCUT2D eigenvalue weighted by molar-refractivity contribution is 1.02. The van der Waals surface area contributed by atoms with Gasteiger partial charge in [0.1, 0.15) is 11.5 Å². The Balaban J connectivity index is 2.00. The first-order valence-corrected chi connectivity index (χ1v) is 8.66. The van der Waals surface area contributed by atoms with Crippen LogP contribution in [0.4, 0.5) is 11.5 Å². The maximum atomic E-state index is 4.79. The normalized spacial score (nSPS) is 11.1. The van der Waals surface area contributed by atoms with Crippen LogP contribution in [0.5, 0.6) is 0 Å². The summed E-state index contributed by atoms with van der Waals surface area (Å²) < 4.78 is 2.06. The summed E-state index contributed by atoms with van der Waals surface area (Å²) in [4.78, 5) is 13.9. The minimum Gasteiger partial charge on any atom is -0.339 e. The predicted octanol–water partition coefficient (Wildman–Crippen LogP) is 4.77. The lowest BCUT2D eigenvalue weighted by Crippen LogP contribution is -2.04. The number of anilines is 2. The Morgan fingerprint density at radius 2 is 1.65 bits per heavy atom. The van der Waals surface area contributed by atoms with Gasteiger partial charge in [-0.2, -0.15) is 0 Å². The molecule has 3 aromatic heterocycles. The summed E-state index contributed by atoms with van der Waals surface area (Å²) in [5.74, 6) is 1.57. The molecular formula is C21H21N5. The zero-order valence-electron chi connectivity index (χ0n) is 15.4. The minimum atomic E-state index is 0.678. The number of fused-ring (bicyclic) bond motifs is 1. The molecule has 130 valence electrons.